The summed E-state index contributed by atoms with van der Waals surface area (Å²) in [5, 5.41) is 10.8. The summed E-state index contributed by atoms with van der Waals surface area (Å²) in [6.07, 6.45) is 2.24. The maximum atomic E-state index is 9.73. The van der Waals surface area contributed by atoms with E-state index in [0.717, 1.165) is 48.2 Å². The second-order valence-corrected chi connectivity index (χ2v) is 6.11. The van der Waals surface area contributed by atoms with Gasteiger partial charge >= 0.3 is 0 Å². The van der Waals surface area contributed by atoms with Gasteiger partial charge in [-0.05, 0) is 41.7 Å². The van der Waals surface area contributed by atoms with Crippen LogP contribution >= 0.6 is 0 Å². The van der Waals surface area contributed by atoms with Gasteiger partial charge in [0.1, 0.15) is 5.82 Å². The zero-order chi connectivity index (χ0) is 15.6. The molecule has 1 N–H and O–H groups in total. The largest absolute Gasteiger partial charge is 0.392 e. The van der Waals surface area contributed by atoms with E-state index in [1.807, 2.05) is 30.3 Å². The van der Waals surface area contributed by atoms with E-state index in [2.05, 4.69) is 29.2 Å². The number of aliphatic hydroxyl groups excluding tert-OH is 1. The molecule has 0 aliphatic carbocycles. The number of anilines is 1. The summed E-state index contributed by atoms with van der Waals surface area (Å²) in [7, 11) is 0. The molecule has 2 heterocycles. The maximum Gasteiger partial charge on any atom is 0.129 e. The van der Waals surface area contributed by atoms with Gasteiger partial charge in [-0.25, -0.2) is 4.98 Å². The lowest BCUT2D eigenvalue weighted by atomic mass is 10.0. The number of aromatic nitrogens is 1. The molecular weight excluding hydrogens is 284 g/mol. The lowest BCUT2D eigenvalue weighted by Gasteiger charge is -2.23. The number of aliphatic hydroxyl groups is 1. The SMILES string of the molecule is OCc1cc(N2CCCc3ccccc3C2)nc2ccccc12. The van der Waals surface area contributed by atoms with Crippen molar-refractivity contribution >= 4 is 16.7 Å². The molecular formula is C20H20N2O. The van der Waals surface area contributed by atoms with Crippen molar-refractivity contribution in [2.75, 3.05) is 11.4 Å². The molecule has 0 saturated heterocycles. The van der Waals surface area contributed by atoms with Crippen LogP contribution in [0, 0.1) is 0 Å². The number of fused-ring (bicyclic) bond motifs is 2. The summed E-state index contributed by atoms with van der Waals surface area (Å²) in [5.74, 6) is 0.962. The van der Waals surface area contributed by atoms with Gasteiger partial charge in [-0.1, -0.05) is 42.5 Å². The fraction of sp³-hybridized carbons (Fsp3) is 0.250. The third kappa shape index (κ3) is 2.68. The van der Waals surface area contributed by atoms with E-state index in [0.29, 0.717) is 0 Å². The van der Waals surface area contributed by atoms with Crippen LogP contribution in [-0.4, -0.2) is 16.6 Å². The van der Waals surface area contributed by atoms with E-state index >= 15 is 0 Å². The lowest BCUT2D eigenvalue weighted by Crippen LogP contribution is -2.23. The minimum atomic E-state index is 0.0421. The molecule has 0 spiro atoms. The third-order valence-corrected chi connectivity index (χ3v) is 4.64. The number of nitrogens with zero attached hydrogens (tertiary/aromatic N) is 2. The highest BCUT2D eigenvalue weighted by Crippen LogP contribution is 2.27. The third-order valence-electron chi connectivity index (χ3n) is 4.64. The minimum absolute atomic E-state index is 0.0421. The number of hydrogen-bond donors (Lipinski definition) is 1. The monoisotopic (exact) mass is 304 g/mol. The first-order valence-corrected chi connectivity index (χ1v) is 8.16. The molecule has 3 heteroatoms. The Morgan fingerprint density at radius 2 is 1.78 bits per heavy atom. The second-order valence-electron chi connectivity index (χ2n) is 6.11. The summed E-state index contributed by atoms with van der Waals surface area (Å²) in [5.41, 5.74) is 4.72. The molecule has 1 aromatic heterocycles. The fourth-order valence-electron chi connectivity index (χ4n) is 3.42. The number of benzene rings is 2. The van der Waals surface area contributed by atoms with Crippen molar-refractivity contribution in [3.63, 3.8) is 0 Å². The molecule has 0 radical (unpaired) electrons. The average Bonchev–Trinajstić information content (AvgIpc) is 2.83. The number of rotatable bonds is 2. The molecule has 0 unspecified atom stereocenters. The van der Waals surface area contributed by atoms with Gasteiger partial charge in [0.15, 0.2) is 0 Å². The highest BCUT2D eigenvalue weighted by molar-refractivity contribution is 5.84. The topological polar surface area (TPSA) is 36.4 Å². The van der Waals surface area contributed by atoms with Crippen molar-refractivity contribution < 1.29 is 5.11 Å². The maximum absolute atomic E-state index is 9.73. The van der Waals surface area contributed by atoms with Crippen LogP contribution in [0.1, 0.15) is 23.1 Å². The number of pyridine rings is 1. The summed E-state index contributed by atoms with van der Waals surface area (Å²) < 4.78 is 0. The Balaban J connectivity index is 1.77. The first kappa shape index (κ1) is 14.2. The van der Waals surface area contributed by atoms with Crippen molar-refractivity contribution in [3.8, 4) is 0 Å². The van der Waals surface area contributed by atoms with Crippen LogP contribution in [0.2, 0.25) is 0 Å². The summed E-state index contributed by atoms with van der Waals surface area (Å²) in [6.45, 7) is 1.91. The van der Waals surface area contributed by atoms with Gasteiger partial charge < -0.3 is 10.0 Å². The first-order chi connectivity index (χ1) is 11.3. The lowest BCUT2D eigenvalue weighted by molar-refractivity contribution is 0.283. The van der Waals surface area contributed by atoms with E-state index in [-0.39, 0.29) is 6.61 Å². The Hall–Kier alpha value is -2.39. The zero-order valence-corrected chi connectivity index (χ0v) is 13.1. The van der Waals surface area contributed by atoms with E-state index in [4.69, 9.17) is 4.98 Å². The molecule has 1 aliphatic rings. The molecule has 23 heavy (non-hydrogen) atoms. The number of hydrogen-bond acceptors (Lipinski definition) is 3. The van der Waals surface area contributed by atoms with Crippen molar-refractivity contribution in [2.24, 2.45) is 0 Å². The Morgan fingerprint density at radius 1 is 1.00 bits per heavy atom. The van der Waals surface area contributed by atoms with E-state index in [1.165, 1.54) is 11.1 Å². The minimum Gasteiger partial charge on any atom is -0.392 e. The predicted octanol–water partition coefficient (Wildman–Crippen LogP) is 3.68. The standard InChI is InChI=1S/C20H20N2O/c23-14-17-12-20(21-19-10-4-3-9-18(17)19)22-11-5-8-15-6-1-2-7-16(15)13-22/h1-4,6-7,9-10,12,23H,5,8,11,13-14H2. The Labute approximate surface area is 136 Å². The van der Waals surface area contributed by atoms with Crippen molar-refractivity contribution in [1.82, 2.24) is 4.98 Å². The molecule has 116 valence electrons. The van der Waals surface area contributed by atoms with Gasteiger partial charge in [0.05, 0.1) is 12.1 Å². The average molecular weight is 304 g/mol. The number of para-hydroxylation sites is 1. The van der Waals surface area contributed by atoms with E-state index in [9.17, 15) is 5.11 Å². The Morgan fingerprint density at radius 3 is 2.65 bits per heavy atom. The molecule has 0 fully saturated rings. The molecule has 0 saturated carbocycles. The van der Waals surface area contributed by atoms with Crippen molar-refractivity contribution in [2.45, 2.75) is 26.0 Å². The van der Waals surface area contributed by atoms with Gasteiger partial charge in [0.2, 0.25) is 0 Å². The van der Waals surface area contributed by atoms with Gasteiger partial charge in [0, 0.05) is 18.5 Å². The van der Waals surface area contributed by atoms with Crippen LogP contribution in [0.25, 0.3) is 10.9 Å². The highest BCUT2D eigenvalue weighted by Gasteiger charge is 2.16. The molecule has 0 atom stereocenters. The molecule has 2 aromatic carbocycles. The van der Waals surface area contributed by atoms with Gasteiger partial charge in [-0.15, -0.1) is 0 Å². The molecule has 3 aromatic rings. The van der Waals surface area contributed by atoms with Gasteiger partial charge in [0.25, 0.3) is 0 Å². The normalized spacial score (nSPS) is 14.6. The Kier molecular flexibility index (Phi) is 3.72. The van der Waals surface area contributed by atoms with Gasteiger partial charge in [-0.3, -0.25) is 0 Å². The quantitative estimate of drug-likeness (QED) is 0.784. The zero-order valence-electron chi connectivity index (χ0n) is 13.1. The van der Waals surface area contributed by atoms with E-state index in [1.54, 1.807) is 0 Å². The van der Waals surface area contributed by atoms with E-state index < -0.39 is 0 Å². The summed E-state index contributed by atoms with van der Waals surface area (Å²) in [6, 6.07) is 18.7. The predicted molar refractivity (Wildman–Crippen MR) is 93.5 cm³/mol. The van der Waals surface area contributed by atoms with Crippen LogP contribution in [0.4, 0.5) is 5.82 Å². The van der Waals surface area contributed by atoms with Crippen LogP contribution in [-0.2, 0) is 19.6 Å². The second kappa shape index (κ2) is 6.01. The molecule has 0 bridgehead atoms. The molecule has 1 aliphatic heterocycles. The van der Waals surface area contributed by atoms with Gasteiger partial charge in [-0.2, -0.15) is 0 Å². The van der Waals surface area contributed by atoms with Crippen LogP contribution in [0.3, 0.4) is 0 Å². The summed E-state index contributed by atoms with van der Waals surface area (Å²) in [4.78, 5) is 7.17. The van der Waals surface area contributed by atoms with Crippen LogP contribution < -0.4 is 4.90 Å². The van der Waals surface area contributed by atoms with Crippen molar-refractivity contribution in [3.05, 3.63) is 71.3 Å². The smallest absolute Gasteiger partial charge is 0.129 e. The molecule has 0 amide bonds. The number of aryl methyl sites for hydroxylation is 1. The first-order valence-electron chi connectivity index (χ1n) is 8.16. The molecule has 3 nitrogen and oxygen atoms in total. The fourth-order valence-corrected chi connectivity index (χ4v) is 3.42. The van der Waals surface area contributed by atoms with Crippen LogP contribution in [0.15, 0.2) is 54.6 Å². The Bertz CT molecular complexity index is 844. The molecule has 4 rings (SSSR count). The van der Waals surface area contributed by atoms with Crippen LogP contribution in [0.5, 0.6) is 0 Å². The van der Waals surface area contributed by atoms with Crippen molar-refractivity contribution in [1.29, 1.82) is 0 Å². The highest BCUT2D eigenvalue weighted by atomic mass is 16.3. The summed E-state index contributed by atoms with van der Waals surface area (Å²) >= 11 is 0.